The summed E-state index contributed by atoms with van der Waals surface area (Å²) in [6, 6.07) is 7.15. The summed E-state index contributed by atoms with van der Waals surface area (Å²) in [7, 11) is -3.27. The lowest BCUT2D eigenvalue weighted by Crippen LogP contribution is -1.97. The molecule has 0 radical (unpaired) electrons. The molecule has 4 nitrogen and oxygen atoms in total. The summed E-state index contributed by atoms with van der Waals surface area (Å²) in [4.78, 5) is 7.86. The number of hydrogen-bond donors (Lipinski definition) is 1. The van der Waals surface area contributed by atoms with Crippen LogP contribution < -0.4 is 0 Å². The van der Waals surface area contributed by atoms with Gasteiger partial charge in [-0.2, -0.15) is 0 Å². The second kappa shape index (κ2) is 4.57. The third kappa shape index (κ3) is 2.41. The highest BCUT2D eigenvalue weighted by atomic mass is 127. The van der Waals surface area contributed by atoms with Crippen molar-refractivity contribution in [2.75, 3.05) is 6.26 Å². The molecule has 0 aliphatic heterocycles. The number of H-pyrrole nitrogens is 1. The molecule has 0 aliphatic rings. The molecule has 2 aromatic heterocycles. The Morgan fingerprint density at radius 2 is 2.16 bits per heavy atom. The van der Waals surface area contributed by atoms with Crippen molar-refractivity contribution in [1.29, 1.82) is 0 Å². The van der Waals surface area contributed by atoms with Crippen LogP contribution in [0.1, 0.15) is 0 Å². The molecule has 0 bridgehead atoms. The van der Waals surface area contributed by atoms with E-state index in [1.807, 2.05) is 17.5 Å². The fourth-order valence-corrected chi connectivity index (χ4v) is 4.04. The summed E-state index contributed by atoms with van der Waals surface area (Å²) in [5.41, 5.74) is 2.21. The molecular formula is C12H9IN2O2S2. The zero-order chi connectivity index (χ0) is 13.6. The van der Waals surface area contributed by atoms with E-state index in [1.54, 1.807) is 23.5 Å². The quantitative estimate of drug-likeness (QED) is 0.667. The Bertz CT molecular complexity index is 865. The largest absolute Gasteiger partial charge is 0.338 e. The summed E-state index contributed by atoms with van der Waals surface area (Å²) in [5.74, 6) is 0.699. The lowest BCUT2D eigenvalue weighted by Gasteiger charge is -1.97. The van der Waals surface area contributed by atoms with Gasteiger partial charge >= 0.3 is 0 Å². The summed E-state index contributed by atoms with van der Waals surface area (Å²) >= 11 is 3.87. The molecule has 0 aliphatic carbocycles. The number of aromatic nitrogens is 2. The zero-order valence-electron chi connectivity index (χ0n) is 9.84. The topological polar surface area (TPSA) is 62.8 Å². The van der Waals surface area contributed by atoms with Crippen LogP contribution >= 0.6 is 33.9 Å². The van der Waals surface area contributed by atoms with E-state index < -0.39 is 9.84 Å². The van der Waals surface area contributed by atoms with Crippen LogP contribution in [0.4, 0.5) is 0 Å². The van der Waals surface area contributed by atoms with E-state index in [4.69, 9.17) is 0 Å². The number of para-hydroxylation sites is 1. The Kier molecular flexibility index (Phi) is 3.14. The first-order valence-electron chi connectivity index (χ1n) is 5.38. The van der Waals surface area contributed by atoms with E-state index in [9.17, 15) is 8.42 Å². The molecule has 98 valence electrons. The van der Waals surface area contributed by atoms with Gasteiger partial charge < -0.3 is 4.98 Å². The summed E-state index contributed by atoms with van der Waals surface area (Å²) in [6.45, 7) is 0. The standard InChI is InChI=1S/C12H9IN2O2S2/c1-19(16,17)9-4-2-3-8-11(9)15-12(14-8)7-5-10(13)18-6-7/h2-6H,1H3,(H,14,15). The van der Waals surface area contributed by atoms with Crippen molar-refractivity contribution >= 4 is 54.8 Å². The molecular weight excluding hydrogens is 395 g/mol. The normalized spacial score (nSPS) is 12.1. The Balaban J connectivity index is 2.27. The van der Waals surface area contributed by atoms with Crippen molar-refractivity contribution in [3.63, 3.8) is 0 Å². The minimum Gasteiger partial charge on any atom is -0.338 e. The predicted octanol–water partition coefficient (Wildman–Crippen LogP) is 3.30. The third-order valence-electron chi connectivity index (χ3n) is 2.72. The van der Waals surface area contributed by atoms with Gasteiger partial charge in [0.1, 0.15) is 11.3 Å². The second-order valence-corrected chi connectivity index (χ2v) is 8.94. The van der Waals surface area contributed by atoms with E-state index in [0.717, 1.165) is 14.0 Å². The highest BCUT2D eigenvalue weighted by Gasteiger charge is 2.16. The summed E-state index contributed by atoms with van der Waals surface area (Å²) in [5, 5.41) is 2.00. The minimum absolute atomic E-state index is 0.262. The van der Waals surface area contributed by atoms with Gasteiger partial charge in [0.2, 0.25) is 0 Å². The first kappa shape index (κ1) is 13.1. The number of benzene rings is 1. The number of thiophene rings is 1. The van der Waals surface area contributed by atoms with Crippen molar-refractivity contribution in [3.8, 4) is 11.4 Å². The Morgan fingerprint density at radius 1 is 1.37 bits per heavy atom. The maximum absolute atomic E-state index is 11.7. The van der Waals surface area contributed by atoms with Crippen LogP contribution in [0, 0.1) is 2.88 Å². The summed E-state index contributed by atoms with van der Waals surface area (Å²) < 4.78 is 24.7. The predicted molar refractivity (Wildman–Crippen MR) is 85.2 cm³/mol. The van der Waals surface area contributed by atoms with E-state index in [1.165, 1.54) is 6.26 Å². The van der Waals surface area contributed by atoms with Crippen LogP contribution in [0.15, 0.2) is 34.5 Å². The number of sulfone groups is 1. The minimum atomic E-state index is -3.27. The van der Waals surface area contributed by atoms with E-state index >= 15 is 0 Å². The smallest absolute Gasteiger partial charge is 0.177 e. The molecule has 0 amide bonds. The Hall–Kier alpha value is -0.930. The van der Waals surface area contributed by atoms with Gasteiger partial charge in [0.15, 0.2) is 9.84 Å². The monoisotopic (exact) mass is 404 g/mol. The molecule has 0 atom stereocenters. The Labute approximate surface area is 127 Å². The van der Waals surface area contributed by atoms with Gasteiger partial charge in [0.05, 0.1) is 13.3 Å². The number of nitrogens with zero attached hydrogens (tertiary/aromatic N) is 1. The molecule has 0 fully saturated rings. The number of nitrogens with one attached hydrogen (secondary N) is 1. The number of halogens is 1. The molecule has 0 saturated heterocycles. The maximum Gasteiger partial charge on any atom is 0.177 e. The SMILES string of the molecule is CS(=O)(=O)c1cccc2[nH]c(-c3csc(I)c3)nc12. The summed E-state index contributed by atoms with van der Waals surface area (Å²) in [6.07, 6.45) is 1.20. The van der Waals surface area contributed by atoms with Crippen LogP contribution in [0.2, 0.25) is 0 Å². The Morgan fingerprint density at radius 3 is 2.79 bits per heavy atom. The molecule has 7 heteroatoms. The molecule has 3 aromatic rings. The molecule has 0 spiro atoms. The molecule has 19 heavy (non-hydrogen) atoms. The fraction of sp³-hybridized carbons (Fsp3) is 0.0833. The van der Waals surface area contributed by atoms with E-state index in [-0.39, 0.29) is 4.90 Å². The van der Waals surface area contributed by atoms with E-state index in [2.05, 4.69) is 32.6 Å². The molecule has 0 saturated carbocycles. The fourth-order valence-electron chi connectivity index (χ4n) is 1.88. The van der Waals surface area contributed by atoms with Crippen LogP contribution in [0.25, 0.3) is 22.4 Å². The first-order chi connectivity index (χ1) is 8.95. The van der Waals surface area contributed by atoms with Crippen LogP contribution in [-0.2, 0) is 9.84 Å². The lowest BCUT2D eigenvalue weighted by molar-refractivity contribution is 0.602. The number of aromatic amines is 1. The van der Waals surface area contributed by atoms with Gasteiger partial charge in [0.25, 0.3) is 0 Å². The maximum atomic E-state index is 11.7. The number of imidazole rings is 1. The molecule has 3 rings (SSSR count). The third-order valence-corrected chi connectivity index (χ3v) is 5.63. The second-order valence-electron chi connectivity index (χ2n) is 4.15. The number of fused-ring (bicyclic) bond motifs is 1. The van der Waals surface area contributed by atoms with E-state index in [0.29, 0.717) is 11.3 Å². The van der Waals surface area contributed by atoms with Crippen molar-refractivity contribution in [1.82, 2.24) is 9.97 Å². The van der Waals surface area contributed by atoms with Gasteiger partial charge in [-0.05, 0) is 40.8 Å². The highest BCUT2D eigenvalue weighted by molar-refractivity contribution is 14.1. The van der Waals surface area contributed by atoms with Gasteiger partial charge in [-0.1, -0.05) is 6.07 Å². The van der Waals surface area contributed by atoms with Crippen molar-refractivity contribution in [3.05, 3.63) is 32.5 Å². The lowest BCUT2D eigenvalue weighted by atomic mass is 10.3. The van der Waals surface area contributed by atoms with Gasteiger partial charge in [-0.15, -0.1) is 11.3 Å². The molecule has 2 heterocycles. The molecule has 0 unspecified atom stereocenters. The van der Waals surface area contributed by atoms with Gasteiger partial charge in [0, 0.05) is 17.2 Å². The van der Waals surface area contributed by atoms with Gasteiger partial charge in [-0.3, -0.25) is 0 Å². The van der Waals surface area contributed by atoms with Crippen molar-refractivity contribution < 1.29 is 8.42 Å². The van der Waals surface area contributed by atoms with Crippen molar-refractivity contribution in [2.45, 2.75) is 4.90 Å². The molecule has 1 aromatic carbocycles. The van der Waals surface area contributed by atoms with Crippen molar-refractivity contribution in [2.24, 2.45) is 0 Å². The van der Waals surface area contributed by atoms with Crippen LogP contribution in [0.5, 0.6) is 0 Å². The zero-order valence-corrected chi connectivity index (χ0v) is 13.6. The van der Waals surface area contributed by atoms with Crippen LogP contribution in [0.3, 0.4) is 0 Å². The number of hydrogen-bond acceptors (Lipinski definition) is 4. The average Bonchev–Trinajstić information content (AvgIpc) is 2.92. The van der Waals surface area contributed by atoms with Crippen LogP contribution in [-0.4, -0.2) is 24.6 Å². The average molecular weight is 404 g/mol. The molecule has 1 N–H and O–H groups in total. The highest BCUT2D eigenvalue weighted by Crippen LogP contribution is 2.28. The van der Waals surface area contributed by atoms with Gasteiger partial charge in [-0.25, -0.2) is 13.4 Å². The first-order valence-corrected chi connectivity index (χ1v) is 9.23. The number of rotatable bonds is 2.